The molecular formula is C12H17N3O3. The number of aliphatic carboxylic acids is 1. The molecule has 0 atom stereocenters. The fourth-order valence-corrected chi connectivity index (χ4v) is 2.04. The zero-order chi connectivity index (χ0) is 12.8. The first-order valence-corrected chi connectivity index (χ1v) is 6.10. The Labute approximate surface area is 106 Å². The fraction of sp³-hybridized carbons (Fsp3) is 0.583. The predicted octanol–water partition coefficient (Wildman–Crippen LogP) is 0.937. The van der Waals surface area contributed by atoms with Crippen molar-refractivity contribution >= 4 is 11.8 Å². The van der Waals surface area contributed by atoms with Gasteiger partial charge < -0.3 is 14.7 Å². The van der Waals surface area contributed by atoms with Crippen LogP contribution in [0.1, 0.15) is 19.3 Å². The van der Waals surface area contributed by atoms with E-state index < -0.39 is 5.97 Å². The van der Waals surface area contributed by atoms with Gasteiger partial charge in [0.25, 0.3) is 0 Å². The Morgan fingerprint density at radius 2 is 2.28 bits per heavy atom. The van der Waals surface area contributed by atoms with Gasteiger partial charge in [-0.3, -0.25) is 4.79 Å². The molecule has 0 saturated carbocycles. The van der Waals surface area contributed by atoms with Crippen LogP contribution in [0.25, 0.3) is 0 Å². The molecule has 0 unspecified atom stereocenters. The summed E-state index contributed by atoms with van der Waals surface area (Å²) in [7, 11) is 0. The van der Waals surface area contributed by atoms with Gasteiger partial charge in [-0.2, -0.15) is 0 Å². The van der Waals surface area contributed by atoms with E-state index in [2.05, 4.69) is 14.9 Å². The van der Waals surface area contributed by atoms with Crippen LogP contribution < -0.4 is 4.90 Å². The van der Waals surface area contributed by atoms with Crippen LogP contribution in [-0.2, 0) is 9.53 Å². The molecule has 1 aromatic rings. The lowest BCUT2D eigenvalue weighted by atomic mass is 10.1. The first-order valence-electron chi connectivity index (χ1n) is 6.10. The number of carboxylic acids is 1. The van der Waals surface area contributed by atoms with Crippen LogP contribution in [0.4, 0.5) is 5.82 Å². The molecule has 1 aliphatic heterocycles. The highest BCUT2D eigenvalue weighted by Crippen LogP contribution is 2.18. The molecule has 1 saturated heterocycles. The normalized spacial score (nSPS) is 16.8. The second-order valence-electron chi connectivity index (χ2n) is 4.27. The van der Waals surface area contributed by atoms with Gasteiger partial charge >= 0.3 is 5.97 Å². The van der Waals surface area contributed by atoms with E-state index in [1.54, 1.807) is 12.5 Å². The van der Waals surface area contributed by atoms with Crippen molar-refractivity contribution in [3.63, 3.8) is 0 Å². The van der Waals surface area contributed by atoms with Crippen LogP contribution in [0.2, 0.25) is 0 Å². The summed E-state index contributed by atoms with van der Waals surface area (Å²) >= 11 is 0. The van der Waals surface area contributed by atoms with E-state index in [4.69, 9.17) is 9.84 Å². The maximum absolute atomic E-state index is 10.4. The third-order valence-electron chi connectivity index (χ3n) is 3.00. The minimum absolute atomic E-state index is 0.0755. The summed E-state index contributed by atoms with van der Waals surface area (Å²) in [6, 6.07) is 1.89. The molecule has 1 fully saturated rings. The predicted molar refractivity (Wildman–Crippen MR) is 65.5 cm³/mol. The van der Waals surface area contributed by atoms with Crippen molar-refractivity contribution in [2.45, 2.75) is 25.4 Å². The summed E-state index contributed by atoms with van der Waals surface area (Å²) in [5, 5.41) is 8.53. The number of rotatable bonds is 5. The lowest BCUT2D eigenvalue weighted by molar-refractivity contribution is -0.138. The molecule has 2 heterocycles. The Morgan fingerprint density at radius 1 is 1.50 bits per heavy atom. The van der Waals surface area contributed by atoms with Crippen LogP contribution >= 0.6 is 0 Å². The summed E-state index contributed by atoms with van der Waals surface area (Å²) < 4.78 is 5.54. The number of hydrogen-bond donors (Lipinski definition) is 1. The van der Waals surface area contributed by atoms with Gasteiger partial charge in [0.1, 0.15) is 12.1 Å². The highest BCUT2D eigenvalue weighted by atomic mass is 16.5. The van der Waals surface area contributed by atoms with Gasteiger partial charge in [-0.05, 0) is 18.9 Å². The van der Waals surface area contributed by atoms with E-state index in [0.717, 1.165) is 31.7 Å². The lowest BCUT2D eigenvalue weighted by Gasteiger charge is -2.32. The van der Waals surface area contributed by atoms with E-state index in [1.165, 1.54) is 0 Å². The van der Waals surface area contributed by atoms with Gasteiger partial charge in [0, 0.05) is 19.3 Å². The van der Waals surface area contributed by atoms with E-state index >= 15 is 0 Å². The maximum Gasteiger partial charge on any atom is 0.305 e. The summed E-state index contributed by atoms with van der Waals surface area (Å²) in [5.74, 6) is 0.127. The largest absolute Gasteiger partial charge is 0.481 e. The molecule has 0 aliphatic carbocycles. The molecule has 0 aromatic carbocycles. The van der Waals surface area contributed by atoms with Crippen molar-refractivity contribution in [1.82, 2.24) is 9.97 Å². The molecule has 1 N–H and O–H groups in total. The van der Waals surface area contributed by atoms with E-state index in [9.17, 15) is 4.79 Å². The Kier molecular flexibility index (Phi) is 4.46. The van der Waals surface area contributed by atoms with Crippen LogP contribution in [0.5, 0.6) is 0 Å². The molecular weight excluding hydrogens is 234 g/mol. The third kappa shape index (κ3) is 3.66. The van der Waals surface area contributed by atoms with Crippen molar-refractivity contribution in [2.24, 2.45) is 0 Å². The molecule has 6 heteroatoms. The zero-order valence-corrected chi connectivity index (χ0v) is 10.2. The van der Waals surface area contributed by atoms with Crippen molar-refractivity contribution in [1.29, 1.82) is 0 Å². The fourth-order valence-electron chi connectivity index (χ4n) is 2.04. The van der Waals surface area contributed by atoms with Crippen LogP contribution in [0.3, 0.4) is 0 Å². The first kappa shape index (κ1) is 12.8. The summed E-state index contributed by atoms with van der Waals surface area (Å²) in [4.78, 5) is 20.7. The molecule has 0 bridgehead atoms. The van der Waals surface area contributed by atoms with Crippen LogP contribution in [0.15, 0.2) is 18.6 Å². The highest BCUT2D eigenvalue weighted by molar-refractivity contribution is 5.66. The van der Waals surface area contributed by atoms with Gasteiger partial charge in [0.2, 0.25) is 0 Å². The number of hydrogen-bond acceptors (Lipinski definition) is 5. The third-order valence-corrected chi connectivity index (χ3v) is 3.00. The number of piperidine rings is 1. The van der Waals surface area contributed by atoms with Crippen LogP contribution in [0, 0.1) is 0 Å². The summed E-state index contributed by atoms with van der Waals surface area (Å²) in [6.07, 6.45) is 5.34. The SMILES string of the molecule is O=C(O)CCOC1CCN(c2ccncn2)CC1. The average Bonchev–Trinajstić information content (AvgIpc) is 2.40. The number of carboxylic acid groups (broad SMARTS) is 1. The molecule has 98 valence electrons. The Bertz CT molecular complexity index is 377. The monoisotopic (exact) mass is 251 g/mol. The molecule has 6 nitrogen and oxygen atoms in total. The van der Waals surface area contributed by atoms with Gasteiger partial charge in [-0.15, -0.1) is 0 Å². The number of anilines is 1. The molecule has 18 heavy (non-hydrogen) atoms. The smallest absolute Gasteiger partial charge is 0.305 e. The number of carbonyl (C=O) groups is 1. The van der Waals surface area contributed by atoms with Gasteiger partial charge in [0.05, 0.1) is 19.1 Å². The number of nitrogens with zero attached hydrogens (tertiary/aromatic N) is 3. The highest BCUT2D eigenvalue weighted by Gasteiger charge is 2.20. The maximum atomic E-state index is 10.4. The average molecular weight is 251 g/mol. The second-order valence-corrected chi connectivity index (χ2v) is 4.27. The van der Waals surface area contributed by atoms with Crippen molar-refractivity contribution in [3.05, 3.63) is 18.6 Å². The minimum Gasteiger partial charge on any atom is -0.481 e. The number of ether oxygens (including phenoxy) is 1. The van der Waals surface area contributed by atoms with Gasteiger partial charge in [-0.25, -0.2) is 9.97 Å². The lowest BCUT2D eigenvalue weighted by Crippen LogP contribution is -2.37. The first-order chi connectivity index (χ1) is 8.75. The van der Waals surface area contributed by atoms with Crippen molar-refractivity contribution in [2.75, 3.05) is 24.6 Å². The Hall–Kier alpha value is -1.69. The molecule has 1 aliphatic rings. The van der Waals surface area contributed by atoms with E-state index in [1.807, 2.05) is 6.07 Å². The molecule has 0 amide bonds. The standard InChI is InChI=1S/C12H17N3O3/c16-12(17)4-8-18-10-2-6-15(7-3-10)11-1-5-13-9-14-11/h1,5,9-10H,2-4,6-8H2,(H,16,17). The van der Waals surface area contributed by atoms with Gasteiger partial charge in [0.15, 0.2) is 0 Å². The van der Waals surface area contributed by atoms with Gasteiger partial charge in [-0.1, -0.05) is 0 Å². The van der Waals surface area contributed by atoms with Crippen LogP contribution in [-0.4, -0.2) is 46.8 Å². The van der Waals surface area contributed by atoms with E-state index in [-0.39, 0.29) is 12.5 Å². The summed E-state index contributed by atoms with van der Waals surface area (Å²) in [6.45, 7) is 2.07. The molecule has 0 radical (unpaired) electrons. The molecule has 2 rings (SSSR count). The Balaban J connectivity index is 1.73. The molecule has 1 aromatic heterocycles. The number of aromatic nitrogens is 2. The topological polar surface area (TPSA) is 75.6 Å². The second kappa shape index (κ2) is 6.30. The minimum atomic E-state index is -0.812. The Morgan fingerprint density at radius 3 is 2.89 bits per heavy atom. The van der Waals surface area contributed by atoms with Crippen molar-refractivity contribution in [3.8, 4) is 0 Å². The van der Waals surface area contributed by atoms with E-state index in [0.29, 0.717) is 6.61 Å². The van der Waals surface area contributed by atoms with Crippen molar-refractivity contribution < 1.29 is 14.6 Å². The summed E-state index contributed by atoms with van der Waals surface area (Å²) in [5.41, 5.74) is 0. The zero-order valence-electron chi connectivity index (χ0n) is 10.2. The quantitative estimate of drug-likeness (QED) is 0.839. The molecule has 0 spiro atoms.